The minimum atomic E-state index is -1.29. The molecule has 108 valence electrons. The lowest BCUT2D eigenvalue weighted by Crippen LogP contribution is -2.14. The van der Waals surface area contributed by atoms with E-state index < -0.39 is 17.6 Å². The number of nitrogens with one attached hydrogen (secondary N) is 1. The molecule has 0 aliphatic carbocycles. The normalized spacial score (nSPS) is 10.1. The third kappa shape index (κ3) is 2.94. The van der Waals surface area contributed by atoms with Crippen molar-refractivity contribution in [1.29, 1.82) is 0 Å². The molecule has 4 N–H and O–H groups in total. The Hall–Kier alpha value is -3.02. The highest BCUT2D eigenvalue weighted by molar-refractivity contribution is 6.07. The second-order valence-corrected chi connectivity index (χ2v) is 4.46. The Kier molecular flexibility index (Phi) is 3.80. The number of hydrogen-bond acceptors (Lipinski definition) is 4. The molecule has 0 saturated carbocycles. The molecule has 0 unspecified atom stereocenters. The predicted octanol–water partition coefficient (Wildman–Crippen LogP) is 2.36. The number of hydrogen-bond donors (Lipinski definition) is 4. The Morgan fingerprint density at radius 2 is 1.76 bits per heavy atom. The molecule has 0 saturated heterocycles. The number of carbonyl (C=O) groups is 2. The first kappa shape index (κ1) is 14.4. The first-order chi connectivity index (χ1) is 9.90. The highest BCUT2D eigenvalue weighted by atomic mass is 16.4. The lowest BCUT2D eigenvalue weighted by molar-refractivity contribution is 0.0693. The summed E-state index contributed by atoms with van der Waals surface area (Å²) in [4.78, 5) is 23.0. The van der Waals surface area contributed by atoms with Crippen molar-refractivity contribution in [3.63, 3.8) is 0 Å². The first-order valence-electron chi connectivity index (χ1n) is 6.06. The Balaban J connectivity index is 2.32. The summed E-state index contributed by atoms with van der Waals surface area (Å²) in [7, 11) is 0. The van der Waals surface area contributed by atoms with Crippen LogP contribution in [0.4, 0.5) is 5.69 Å². The number of carboxylic acid groups (broad SMARTS) is 1. The quantitative estimate of drug-likeness (QED) is 0.648. The van der Waals surface area contributed by atoms with Crippen molar-refractivity contribution in [2.75, 3.05) is 5.32 Å². The topological polar surface area (TPSA) is 107 Å². The second kappa shape index (κ2) is 5.54. The molecule has 2 aromatic rings. The third-order valence-electron chi connectivity index (χ3n) is 2.97. The summed E-state index contributed by atoms with van der Waals surface area (Å²) in [5.74, 6) is -2.26. The lowest BCUT2D eigenvalue weighted by Gasteiger charge is -2.10. The molecule has 0 aliphatic heterocycles. The zero-order valence-corrected chi connectivity index (χ0v) is 11.1. The van der Waals surface area contributed by atoms with Gasteiger partial charge in [-0.2, -0.15) is 0 Å². The van der Waals surface area contributed by atoms with Gasteiger partial charge in [0.2, 0.25) is 0 Å². The van der Waals surface area contributed by atoms with E-state index in [0.29, 0.717) is 11.1 Å². The van der Waals surface area contributed by atoms with Gasteiger partial charge in [0.25, 0.3) is 5.91 Å². The highest BCUT2D eigenvalue weighted by Crippen LogP contribution is 2.28. The smallest absolute Gasteiger partial charge is 0.339 e. The number of carbonyl (C=O) groups excluding carboxylic acids is 1. The predicted molar refractivity (Wildman–Crippen MR) is 75.9 cm³/mol. The van der Waals surface area contributed by atoms with E-state index in [1.807, 2.05) is 0 Å². The van der Waals surface area contributed by atoms with Crippen molar-refractivity contribution in [2.24, 2.45) is 0 Å². The average molecular weight is 287 g/mol. The van der Waals surface area contributed by atoms with Crippen LogP contribution in [0.25, 0.3) is 0 Å². The van der Waals surface area contributed by atoms with Gasteiger partial charge in [-0.05, 0) is 42.8 Å². The fourth-order valence-electron chi connectivity index (χ4n) is 1.91. The van der Waals surface area contributed by atoms with Gasteiger partial charge in [-0.1, -0.05) is 6.07 Å². The van der Waals surface area contributed by atoms with E-state index in [-0.39, 0.29) is 17.0 Å². The van der Waals surface area contributed by atoms with Crippen LogP contribution in [0, 0.1) is 6.92 Å². The Bertz CT molecular complexity index is 724. The van der Waals surface area contributed by atoms with Crippen LogP contribution in [-0.2, 0) is 0 Å². The van der Waals surface area contributed by atoms with Crippen molar-refractivity contribution in [1.82, 2.24) is 0 Å². The van der Waals surface area contributed by atoms with Crippen molar-refractivity contribution in [2.45, 2.75) is 6.92 Å². The maximum Gasteiger partial charge on any atom is 0.339 e. The summed E-state index contributed by atoms with van der Waals surface area (Å²) in [5.41, 5.74) is 0.580. The molecule has 2 rings (SSSR count). The average Bonchev–Trinajstić information content (AvgIpc) is 2.40. The van der Waals surface area contributed by atoms with Gasteiger partial charge in [0.1, 0.15) is 11.3 Å². The number of aromatic hydroxyl groups is 2. The number of aryl methyl sites for hydroxylation is 1. The van der Waals surface area contributed by atoms with E-state index in [1.165, 1.54) is 36.4 Å². The van der Waals surface area contributed by atoms with Crippen LogP contribution < -0.4 is 5.32 Å². The maximum absolute atomic E-state index is 12.1. The molecule has 6 heteroatoms. The minimum Gasteiger partial charge on any atom is -0.508 e. The molecule has 0 aromatic heterocycles. The first-order valence-corrected chi connectivity index (χ1v) is 6.06. The van der Waals surface area contributed by atoms with E-state index in [1.54, 1.807) is 6.92 Å². The van der Waals surface area contributed by atoms with Crippen molar-refractivity contribution >= 4 is 17.6 Å². The summed E-state index contributed by atoms with van der Waals surface area (Å²) in [6, 6.07) is 8.30. The zero-order valence-electron chi connectivity index (χ0n) is 11.1. The molecule has 21 heavy (non-hydrogen) atoms. The Morgan fingerprint density at radius 1 is 1.05 bits per heavy atom. The van der Waals surface area contributed by atoms with Gasteiger partial charge >= 0.3 is 5.97 Å². The molecule has 0 aliphatic rings. The molecule has 0 radical (unpaired) electrons. The third-order valence-corrected chi connectivity index (χ3v) is 2.97. The number of aromatic carboxylic acids is 1. The number of anilines is 1. The Morgan fingerprint density at radius 3 is 2.38 bits per heavy atom. The van der Waals surface area contributed by atoms with Crippen LogP contribution in [0.5, 0.6) is 11.5 Å². The SMILES string of the molecule is Cc1cc(O)ccc1C(=O)Nc1cccc(C(=O)O)c1O. The van der Waals surface area contributed by atoms with Crippen molar-refractivity contribution < 1.29 is 24.9 Å². The van der Waals surface area contributed by atoms with Crippen LogP contribution in [0.3, 0.4) is 0 Å². The summed E-state index contributed by atoms with van der Waals surface area (Å²) in [5, 5.41) is 30.5. The molecule has 0 heterocycles. The van der Waals surface area contributed by atoms with Gasteiger partial charge in [-0.25, -0.2) is 4.79 Å². The number of carboxylic acids is 1. The van der Waals surface area contributed by atoms with E-state index in [0.717, 1.165) is 0 Å². The standard InChI is InChI=1S/C15H13NO5/c1-8-7-9(17)5-6-10(8)14(19)16-12-4-2-3-11(13(12)18)15(20)21/h2-7,17-18H,1H3,(H,16,19)(H,20,21). The fourth-order valence-corrected chi connectivity index (χ4v) is 1.91. The number of amides is 1. The van der Waals surface area contributed by atoms with Crippen molar-refractivity contribution in [3.05, 3.63) is 53.1 Å². The Labute approximate surface area is 120 Å². The number of phenolic OH excluding ortho intramolecular Hbond substituents is 1. The van der Waals surface area contributed by atoms with Gasteiger partial charge in [-0.3, -0.25) is 4.79 Å². The number of rotatable bonds is 3. The summed E-state index contributed by atoms with van der Waals surface area (Å²) >= 11 is 0. The van der Waals surface area contributed by atoms with Gasteiger partial charge < -0.3 is 20.6 Å². The van der Waals surface area contributed by atoms with Gasteiger partial charge in [0, 0.05) is 5.56 Å². The van der Waals surface area contributed by atoms with Crippen LogP contribution in [-0.4, -0.2) is 27.2 Å². The fraction of sp³-hybridized carbons (Fsp3) is 0.0667. The summed E-state index contributed by atoms with van der Waals surface area (Å²) in [6.45, 7) is 1.65. The molecule has 0 atom stereocenters. The van der Waals surface area contributed by atoms with E-state index in [2.05, 4.69) is 5.32 Å². The van der Waals surface area contributed by atoms with Crippen LogP contribution in [0.1, 0.15) is 26.3 Å². The van der Waals surface area contributed by atoms with Crippen LogP contribution in [0.15, 0.2) is 36.4 Å². The number of para-hydroxylation sites is 1. The molecule has 0 spiro atoms. The molecule has 6 nitrogen and oxygen atoms in total. The lowest BCUT2D eigenvalue weighted by atomic mass is 10.1. The van der Waals surface area contributed by atoms with Crippen molar-refractivity contribution in [3.8, 4) is 11.5 Å². The highest BCUT2D eigenvalue weighted by Gasteiger charge is 2.16. The number of phenols is 2. The molecule has 0 fully saturated rings. The zero-order chi connectivity index (χ0) is 15.6. The van der Waals surface area contributed by atoms with Crippen LogP contribution >= 0.6 is 0 Å². The van der Waals surface area contributed by atoms with Gasteiger partial charge in [-0.15, -0.1) is 0 Å². The molecule has 0 bridgehead atoms. The van der Waals surface area contributed by atoms with E-state index >= 15 is 0 Å². The summed E-state index contributed by atoms with van der Waals surface area (Å²) in [6.07, 6.45) is 0. The monoisotopic (exact) mass is 287 g/mol. The molecular weight excluding hydrogens is 274 g/mol. The number of benzene rings is 2. The second-order valence-electron chi connectivity index (χ2n) is 4.46. The van der Waals surface area contributed by atoms with Crippen LogP contribution in [0.2, 0.25) is 0 Å². The summed E-state index contributed by atoms with van der Waals surface area (Å²) < 4.78 is 0. The largest absolute Gasteiger partial charge is 0.508 e. The molecule has 1 amide bonds. The molecule has 2 aromatic carbocycles. The minimum absolute atomic E-state index is 0.00683. The molecular formula is C15H13NO5. The maximum atomic E-state index is 12.1. The van der Waals surface area contributed by atoms with Gasteiger partial charge in [0.15, 0.2) is 5.75 Å². The van der Waals surface area contributed by atoms with Gasteiger partial charge in [0.05, 0.1) is 5.69 Å². The van der Waals surface area contributed by atoms with E-state index in [9.17, 15) is 19.8 Å². The van der Waals surface area contributed by atoms with E-state index in [4.69, 9.17) is 5.11 Å².